The van der Waals surface area contributed by atoms with Crippen LogP contribution in [-0.4, -0.2) is 31.0 Å². The summed E-state index contributed by atoms with van der Waals surface area (Å²) in [5.41, 5.74) is 7.12. The van der Waals surface area contributed by atoms with Crippen molar-refractivity contribution < 1.29 is 14.6 Å². The topological polar surface area (TPSA) is 64.7 Å². The fourth-order valence-corrected chi connectivity index (χ4v) is 2.11. The molecule has 0 spiro atoms. The molecule has 1 aliphatic heterocycles. The van der Waals surface area contributed by atoms with Gasteiger partial charge in [0.15, 0.2) is 0 Å². The van der Waals surface area contributed by atoms with Crippen LogP contribution in [-0.2, 0) is 9.47 Å². The van der Waals surface area contributed by atoms with Gasteiger partial charge >= 0.3 is 0 Å². The van der Waals surface area contributed by atoms with Crippen LogP contribution in [0.1, 0.15) is 30.9 Å². The van der Waals surface area contributed by atoms with Gasteiger partial charge in [-0.1, -0.05) is 12.1 Å². The molecule has 2 unspecified atom stereocenters. The molecule has 18 heavy (non-hydrogen) atoms. The SMILES string of the molecule is Nc1cccc(C(O)COCC2CCCCO2)c1. The summed E-state index contributed by atoms with van der Waals surface area (Å²) in [7, 11) is 0. The highest BCUT2D eigenvalue weighted by Gasteiger charge is 2.15. The van der Waals surface area contributed by atoms with Gasteiger partial charge in [0.2, 0.25) is 0 Å². The molecule has 2 rings (SSSR count). The summed E-state index contributed by atoms with van der Waals surface area (Å²) in [6, 6.07) is 7.25. The van der Waals surface area contributed by atoms with E-state index in [1.165, 1.54) is 6.42 Å². The van der Waals surface area contributed by atoms with Crippen LogP contribution in [0.2, 0.25) is 0 Å². The maximum absolute atomic E-state index is 9.95. The number of anilines is 1. The lowest BCUT2D eigenvalue weighted by Gasteiger charge is -2.23. The van der Waals surface area contributed by atoms with Crippen molar-refractivity contribution in [2.75, 3.05) is 25.6 Å². The lowest BCUT2D eigenvalue weighted by molar-refractivity contribution is -0.0574. The zero-order valence-electron chi connectivity index (χ0n) is 10.5. The molecule has 1 saturated heterocycles. The van der Waals surface area contributed by atoms with Crippen LogP contribution in [0.25, 0.3) is 0 Å². The largest absolute Gasteiger partial charge is 0.399 e. The van der Waals surface area contributed by atoms with E-state index < -0.39 is 6.10 Å². The van der Waals surface area contributed by atoms with E-state index in [1.807, 2.05) is 12.1 Å². The van der Waals surface area contributed by atoms with E-state index in [2.05, 4.69) is 0 Å². The number of ether oxygens (including phenoxy) is 2. The Bertz CT molecular complexity index is 364. The summed E-state index contributed by atoms with van der Waals surface area (Å²) in [4.78, 5) is 0. The first-order valence-corrected chi connectivity index (χ1v) is 6.48. The molecule has 1 aromatic carbocycles. The van der Waals surface area contributed by atoms with Crippen LogP contribution < -0.4 is 5.73 Å². The van der Waals surface area contributed by atoms with Crippen molar-refractivity contribution in [3.8, 4) is 0 Å². The molecule has 100 valence electrons. The molecule has 1 fully saturated rings. The van der Waals surface area contributed by atoms with Crippen molar-refractivity contribution in [1.29, 1.82) is 0 Å². The predicted molar refractivity (Wildman–Crippen MR) is 70.2 cm³/mol. The van der Waals surface area contributed by atoms with Crippen molar-refractivity contribution in [2.45, 2.75) is 31.5 Å². The first-order chi connectivity index (χ1) is 8.75. The minimum Gasteiger partial charge on any atom is -0.399 e. The van der Waals surface area contributed by atoms with E-state index in [1.54, 1.807) is 12.1 Å². The minimum absolute atomic E-state index is 0.187. The monoisotopic (exact) mass is 251 g/mol. The summed E-state index contributed by atoms with van der Waals surface area (Å²) in [6.07, 6.45) is 2.95. The van der Waals surface area contributed by atoms with Crippen LogP contribution in [0, 0.1) is 0 Å². The molecule has 4 heteroatoms. The summed E-state index contributed by atoms with van der Waals surface area (Å²) in [5, 5.41) is 9.95. The van der Waals surface area contributed by atoms with Gasteiger partial charge in [-0.15, -0.1) is 0 Å². The van der Waals surface area contributed by atoms with Gasteiger partial charge in [0.1, 0.15) is 6.10 Å². The third kappa shape index (κ3) is 3.98. The molecule has 0 saturated carbocycles. The highest BCUT2D eigenvalue weighted by Crippen LogP contribution is 2.17. The van der Waals surface area contributed by atoms with Gasteiger partial charge < -0.3 is 20.3 Å². The number of nitrogens with two attached hydrogens (primary N) is 1. The highest BCUT2D eigenvalue weighted by molar-refractivity contribution is 5.41. The highest BCUT2D eigenvalue weighted by atomic mass is 16.5. The van der Waals surface area contributed by atoms with E-state index in [0.717, 1.165) is 25.0 Å². The smallest absolute Gasteiger partial charge is 0.102 e. The van der Waals surface area contributed by atoms with Crippen molar-refractivity contribution in [3.63, 3.8) is 0 Å². The van der Waals surface area contributed by atoms with Crippen LogP contribution in [0.3, 0.4) is 0 Å². The Balaban J connectivity index is 1.72. The number of benzene rings is 1. The van der Waals surface area contributed by atoms with Crippen molar-refractivity contribution >= 4 is 5.69 Å². The van der Waals surface area contributed by atoms with E-state index in [-0.39, 0.29) is 12.7 Å². The Morgan fingerprint density at radius 1 is 1.44 bits per heavy atom. The van der Waals surface area contributed by atoms with Crippen LogP contribution in [0.15, 0.2) is 24.3 Å². The molecule has 0 bridgehead atoms. The first kappa shape index (κ1) is 13.3. The second kappa shape index (κ2) is 6.73. The number of nitrogen functional groups attached to an aromatic ring is 1. The van der Waals surface area contributed by atoms with Crippen molar-refractivity contribution in [2.24, 2.45) is 0 Å². The molecule has 0 aromatic heterocycles. The summed E-state index contributed by atoms with van der Waals surface area (Å²) in [6.45, 7) is 1.66. The predicted octanol–water partition coefficient (Wildman–Crippen LogP) is 1.89. The fourth-order valence-electron chi connectivity index (χ4n) is 2.11. The summed E-state index contributed by atoms with van der Waals surface area (Å²) < 4.78 is 11.1. The molecular formula is C14H21NO3. The number of rotatable bonds is 5. The van der Waals surface area contributed by atoms with Gasteiger partial charge in [0.25, 0.3) is 0 Å². The van der Waals surface area contributed by atoms with Gasteiger partial charge in [-0.25, -0.2) is 0 Å². The minimum atomic E-state index is -0.628. The average Bonchev–Trinajstić information content (AvgIpc) is 2.40. The molecule has 1 heterocycles. The van der Waals surface area contributed by atoms with Crippen LogP contribution in [0.5, 0.6) is 0 Å². The van der Waals surface area contributed by atoms with Gasteiger partial charge in [0.05, 0.1) is 19.3 Å². The fraction of sp³-hybridized carbons (Fsp3) is 0.571. The molecule has 0 radical (unpaired) electrons. The number of aliphatic hydroxyl groups excluding tert-OH is 1. The lowest BCUT2D eigenvalue weighted by Crippen LogP contribution is -2.25. The standard InChI is InChI=1S/C14H21NO3/c15-12-5-3-4-11(8-12)14(16)10-17-9-13-6-1-2-7-18-13/h3-5,8,13-14,16H,1-2,6-7,9-10,15H2. The molecule has 2 atom stereocenters. The molecule has 1 aromatic rings. The lowest BCUT2D eigenvalue weighted by atomic mass is 10.1. The number of hydrogen-bond acceptors (Lipinski definition) is 4. The quantitative estimate of drug-likeness (QED) is 0.784. The third-order valence-corrected chi connectivity index (χ3v) is 3.15. The van der Waals surface area contributed by atoms with E-state index in [9.17, 15) is 5.11 Å². The normalized spacial score (nSPS) is 21.7. The second-order valence-electron chi connectivity index (χ2n) is 4.71. The Labute approximate surface area is 108 Å². The average molecular weight is 251 g/mol. The zero-order chi connectivity index (χ0) is 12.8. The van der Waals surface area contributed by atoms with E-state index in [4.69, 9.17) is 15.2 Å². The Morgan fingerprint density at radius 3 is 3.06 bits per heavy atom. The molecule has 4 nitrogen and oxygen atoms in total. The maximum Gasteiger partial charge on any atom is 0.102 e. The Kier molecular flexibility index (Phi) is 4.99. The maximum atomic E-state index is 9.95. The molecular weight excluding hydrogens is 230 g/mol. The van der Waals surface area contributed by atoms with Gasteiger partial charge in [-0.2, -0.15) is 0 Å². The molecule has 0 amide bonds. The molecule has 0 aliphatic carbocycles. The first-order valence-electron chi connectivity index (χ1n) is 6.48. The zero-order valence-corrected chi connectivity index (χ0v) is 10.5. The van der Waals surface area contributed by atoms with Crippen LogP contribution in [0.4, 0.5) is 5.69 Å². The summed E-state index contributed by atoms with van der Waals surface area (Å²) in [5.74, 6) is 0. The van der Waals surface area contributed by atoms with Crippen molar-refractivity contribution in [3.05, 3.63) is 29.8 Å². The summed E-state index contributed by atoms with van der Waals surface area (Å²) >= 11 is 0. The molecule has 1 aliphatic rings. The van der Waals surface area contributed by atoms with Gasteiger partial charge in [0, 0.05) is 12.3 Å². The van der Waals surface area contributed by atoms with Gasteiger partial charge in [-0.05, 0) is 37.0 Å². The van der Waals surface area contributed by atoms with E-state index in [0.29, 0.717) is 12.3 Å². The number of aliphatic hydroxyl groups is 1. The Morgan fingerprint density at radius 2 is 2.33 bits per heavy atom. The number of hydrogen-bond donors (Lipinski definition) is 2. The van der Waals surface area contributed by atoms with Crippen LogP contribution >= 0.6 is 0 Å². The van der Waals surface area contributed by atoms with Crippen molar-refractivity contribution in [1.82, 2.24) is 0 Å². The second-order valence-corrected chi connectivity index (χ2v) is 4.71. The molecule has 3 N–H and O–H groups in total. The third-order valence-electron chi connectivity index (χ3n) is 3.15. The Hall–Kier alpha value is -1.10. The van der Waals surface area contributed by atoms with E-state index >= 15 is 0 Å². The van der Waals surface area contributed by atoms with Gasteiger partial charge in [-0.3, -0.25) is 0 Å².